The molecule has 1 saturated heterocycles. The van der Waals surface area contributed by atoms with Crippen LogP contribution in [0.4, 0.5) is 4.79 Å². The highest BCUT2D eigenvalue weighted by molar-refractivity contribution is 7.99. The van der Waals surface area contributed by atoms with Crippen molar-refractivity contribution in [3.05, 3.63) is 11.1 Å². The van der Waals surface area contributed by atoms with E-state index in [1.54, 1.807) is 13.0 Å². The van der Waals surface area contributed by atoms with E-state index in [4.69, 9.17) is 16.3 Å². The minimum absolute atomic E-state index is 0.0508. The van der Waals surface area contributed by atoms with E-state index >= 15 is 0 Å². The van der Waals surface area contributed by atoms with Gasteiger partial charge < -0.3 is 20.5 Å². The second kappa shape index (κ2) is 14.3. The summed E-state index contributed by atoms with van der Waals surface area (Å²) in [5, 5.41) is 15.7. The van der Waals surface area contributed by atoms with Gasteiger partial charge in [-0.3, -0.25) is 14.3 Å². The number of allylic oxidation sites excluding steroid dienone is 1. The Morgan fingerprint density at radius 1 is 1.29 bits per heavy atom. The first-order valence-electron chi connectivity index (χ1n) is 12.8. The van der Waals surface area contributed by atoms with Crippen LogP contribution in [0.2, 0.25) is 0 Å². The Kier molecular flexibility index (Phi) is 12.2. The Balaban J connectivity index is 1.98. The van der Waals surface area contributed by atoms with Gasteiger partial charge in [-0.2, -0.15) is 0 Å². The lowest BCUT2D eigenvalue weighted by Crippen LogP contribution is -2.45. The van der Waals surface area contributed by atoms with Gasteiger partial charge in [0, 0.05) is 11.5 Å². The second-order valence-electron chi connectivity index (χ2n) is 10.4. The first-order valence-corrected chi connectivity index (χ1v) is 14.0. The number of hydrogen-bond acceptors (Lipinski definition) is 6. The van der Waals surface area contributed by atoms with Crippen molar-refractivity contribution in [2.75, 3.05) is 6.61 Å². The van der Waals surface area contributed by atoms with Crippen molar-refractivity contribution in [3.63, 3.8) is 0 Å². The van der Waals surface area contributed by atoms with Crippen LogP contribution in [-0.4, -0.2) is 52.6 Å². The third kappa shape index (κ3) is 10.2. The molecule has 1 saturated carbocycles. The molecule has 2 rings (SSSR count). The number of carbonyl (C=O) groups is 3. The summed E-state index contributed by atoms with van der Waals surface area (Å²) < 4.78 is 7.97. The molecule has 0 spiro atoms. The molecule has 35 heavy (non-hydrogen) atoms. The van der Waals surface area contributed by atoms with Crippen molar-refractivity contribution in [2.24, 2.45) is 11.8 Å². The third-order valence-electron chi connectivity index (χ3n) is 6.65. The summed E-state index contributed by atoms with van der Waals surface area (Å²) in [4.78, 5) is 37.9. The number of hydrogen-bond donors (Lipinski definition) is 4. The summed E-state index contributed by atoms with van der Waals surface area (Å²) in [6.45, 7) is 7.30. The quantitative estimate of drug-likeness (QED) is 0.277. The molecule has 0 radical (unpaired) electrons. The molecule has 10 heteroatoms. The maximum atomic E-state index is 13.2. The van der Waals surface area contributed by atoms with Crippen molar-refractivity contribution < 1.29 is 24.2 Å². The van der Waals surface area contributed by atoms with Crippen LogP contribution >= 0.6 is 23.5 Å². The SMILES string of the molecule is CC/C=C(/Cl)[C@@H](C)OC(=O)NS[C@@H](CC1CCCCC1)C(=O)NC(CO)CC1CC(C)(C)NC1=O. The largest absolute Gasteiger partial charge is 0.440 e. The lowest BCUT2D eigenvalue weighted by molar-refractivity contribution is -0.125. The van der Waals surface area contributed by atoms with Crippen LogP contribution in [0.5, 0.6) is 0 Å². The van der Waals surface area contributed by atoms with E-state index in [-0.39, 0.29) is 29.9 Å². The first kappa shape index (κ1) is 29.8. The summed E-state index contributed by atoms with van der Waals surface area (Å²) in [6, 6.07) is -0.536. The van der Waals surface area contributed by atoms with Crippen molar-refractivity contribution in [3.8, 4) is 0 Å². The van der Waals surface area contributed by atoms with E-state index in [9.17, 15) is 19.5 Å². The highest BCUT2D eigenvalue weighted by Gasteiger charge is 2.39. The lowest BCUT2D eigenvalue weighted by atomic mass is 9.86. The van der Waals surface area contributed by atoms with Crippen LogP contribution < -0.4 is 15.4 Å². The molecule has 0 aromatic carbocycles. The van der Waals surface area contributed by atoms with E-state index < -0.39 is 23.5 Å². The van der Waals surface area contributed by atoms with Gasteiger partial charge in [0.2, 0.25) is 11.8 Å². The number of halogens is 1. The number of carbonyl (C=O) groups excluding carboxylic acids is 3. The maximum absolute atomic E-state index is 13.2. The number of ether oxygens (including phenoxy) is 1. The van der Waals surface area contributed by atoms with Gasteiger partial charge in [0.25, 0.3) is 0 Å². The summed E-state index contributed by atoms with van der Waals surface area (Å²) in [5.74, 6) is -0.165. The van der Waals surface area contributed by atoms with Gasteiger partial charge in [0.1, 0.15) is 11.4 Å². The minimum atomic E-state index is -0.657. The predicted octanol–water partition coefficient (Wildman–Crippen LogP) is 4.40. The van der Waals surface area contributed by atoms with Gasteiger partial charge in [-0.1, -0.05) is 56.7 Å². The molecule has 2 aliphatic rings. The number of aliphatic hydroxyl groups is 1. The molecule has 3 amide bonds. The Morgan fingerprint density at radius 2 is 1.97 bits per heavy atom. The molecule has 0 aromatic rings. The lowest BCUT2D eigenvalue weighted by Gasteiger charge is -2.27. The fourth-order valence-electron chi connectivity index (χ4n) is 4.86. The molecule has 2 unspecified atom stereocenters. The van der Waals surface area contributed by atoms with Crippen LogP contribution in [-0.2, 0) is 14.3 Å². The topological polar surface area (TPSA) is 117 Å². The van der Waals surface area contributed by atoms with Gasteiger partial charge in [0.05, 0.1) is 17.7 Å². The molecule has 0 bridgehead atoms. The van der Waals surface area contributed by atoms with Crippen molar-refractivity contribution in [1.82, 2.24) is 15.4 Å². The Labute approximate surface area is 218 Å². The van der Waals surface area contributed by atoms with Crippen molar-refractivity contribution in [1.29, 1.82) is 0 Å². The zero-order valence-electron chi connectivity index (χ0n) is 21.4. The predicted molar refractivity (Wildman–Crippen MR) is 140 cm³/mol. The van der Waals surface area contributed by atoms with E-state index in [0.29, 0.717) is 30.2 Å². The minimum Gasteiger partial charge on any atom is -0.440 e. The van der Waals surface area contributed by atoms with Gasteiger partial charge in [-0.25, -0.2) is 4.79 Å². The first-order chi connectivity index (χ1) is 16.5. The molecular weight excluding hydrogens is 490 g/mol. The average molecular weight is 532 g/mol. The Bertz CT molecular complexity index is 757. The summed E-state index contributed by atoms with van der Waals surface area (Å²) in [6.07, 6.45) is 8.54. The van der Waals surface area contributed by atoms with Crippen LogP contribution in [0.15, 0.2) is 11.1 Å². The molecule has 4 N–H and O–H groups in total. The molecule has 4 atom stereocenters. The standard InChI is InChI=1S/C25H42ClN3O5S/c1-5-9-20(26)16(2)34-24(33)29-35-21(12-17-10-7-6-8-11-17)23(32)27-19(15-30)13-18-14-25(3,4)28-22(18)31/h9,16-19,21,30H,5-8,10-15H2,1-4H3,(H,27,32)(H,28,31)(H,29,33)/b20-9+/t16-,18?,19?,21+/m1/s1. The summed E-state index contributed by atoms with van der Waals surface area (Å²) >= 11 is 7.16. The maximum Gasteiger partial charge on any atom is 0.417 e. The van der Waals surface area contributed by atoms with Gasteiger partial charge in [-0.05, 0) is 64.3 Å². The van der Waals surface area contributed by atoms with Crippen LogP contribution in [0.3, 0.4) is 0 Å². The molecule has 200 valence electrons. The molecule has 2 fully saturated rings. The molecule has 1 heterocycles. The van der Waals surface area contributed by atoms with E-state index in [2.05, 4.69) is 15.4 Å². The third-order valence-corrected chi connectivity index (χ3v) is 8.08. The fraction of sp³-hybridized carbons (Fsp3) is 0.800. The highest BCUT2D eigenvalue weighted by Crippen LogP contribution is 2.31. The Morgan fingerprint density at radius 3 is 2.54 bits per heavy atom. The van der Waals surface area contributed by atoms with Crippen LogP contribution in [0.1, 0.15) is 85.5 Å². The van der Waals surface area contributed by atoms with Crippen LogP contribution in [0, 0.1) is 11.8 Å². The molecule has 8 nitrogen and oxygen atoms in total. The summed E-state index contributed by atoms with van der Waals surface area (Å²) in [5.41, 5.74) is -0.290. The Hall–Kier alpha value is -1.45. The molecule has 0 aromatic heterocycles. The summed E-state index contributed by atoms with van der Waals surface area (Å²) in [7, 11) is 0. The average Bonchev–Trinajstić information content (AvgIpc) is 3.07. The van der Waals surface area contributed by atoms with Crippen molar-refractivity contribution in [2.45, 2.75) is 108 Å². The van der Waals surface area contributed by atoms with Gasteiger partial charge in [0.15, 0.2) is 0 Å². The zero-order valence-corrected chi connectivity index (χ0v) is 23.0. The van der Waals surface area contributed by atoms with E-state index in [1.165, 1.54) is 6.42 Å². The zero-order chi connectivity index (χ0) is 26.0. The molecule has 1 aliphatic carbocycles. The van der Waals surface area contributed by atoms with E-state index in [1.807, 2.05) is 20.8 Å². The smallest absolute Gasteiger partial charge is 0.417 e. The van der Waals surface area contributed by atoms with E-state index in [0.717, 1.165) is 44.1 Å². The number of aliphatic hydroxyl groups excluding tert-OH is 1. The molecule has 1 aliphatic heterocycles. The normalized spacial score (nSPS) is 23.2. The number of amides is 3. The van der Waals surface area contributed by atoms with Crippen LogP contribution in [0.25, 0.3) is 0 Å². The van der Waals surface area contributed by atoms with Gasteiger partial charge >= 0.3 is 6.09 Å². The second-order valence-corrected chi connectivity index (χ2v) is 11.8. The monoisotopic (exact) mass is 531 g/mol. The molecular formula is C25H42ClN3O5S. The van der Waals surface area contributed by atoms with Gasteiger partial charge in [-0.15, -0.1) is 0 Å². The van der Waals surface area contributed by atoms with Crippen molar-refractivity contribution >= 4 is 41.5 Å². The highest BCUT2D eigenvalue weighted by atomic mass is 35.5. The number of rotatable bonds is 12. The number of nitrogens with one attached hydrogen (secondary N) is 3. The fourth-order valence-corrected chi connectivity index (χ4v) is 5.89.